The molecule has 1 aromatic rings. The summed E-state index contributed by atoms with van der Waals surface area (Å²) in [6.07, 6.45) is 2.83. The number of hydrogen-bond donors (Lipinski definition) is 3. The minimum absolute atomic E-state index is 0.140. The van der Waals surface area contributed by atoms with Crippen molar-refractivity contribution in [3.05, 3.63) is 48.0 Å². The lowest BCUT2D eigenvalue weighted by molar-refractivity contribution is 0.140. The van der Waals surface area contributed by atoms with E-state index in [1.165, 1.54) is 0 Å². The summed E-state index contributed by atoms with van der Waals surface area (Å²) in [6.45, 7) is 0.520. The van der Waals surface area contributed by atoms with E-state index in [4.69, 9.17) is 14.8 Å². The Morgan fingerprint density at radius 1 is 1.28 bits per heavy atom. The van der Waals surface area contributed by atoms with Gasteiger partial charge in [0.2, 0.25) is 0 Å². The molecule has 0 bridgehead atoms. The van der Waals surface area contributed by atoms with Crippen LogP contribution in [0.1, 0.15) is 5.56 Å². The molecule has 0 aromatic heterocycles. The Hall–Kier alpha value is -1.79. The lowest BCUT2D eigenvalue weighted by Gasteiger charge is -2.05. The van der Waals surface area contributed by atoms with Gasteiger partial charge in [-0.2, -0.15) is 0 Å². The minimum atomic E-state index is -1.36. The molecule has 0 atom stereocenters. The molecule has 0 spiro atoms. The van der Waals surface area contributed by atoms with Gasteiger partial charge in [0.05, 0.1) is 0 Å². The normalized spacial score (nSPS) is 10.3. The zero-order valence-corrected chi connectivity index (χ0v) is 9.95. The number of rotatable bonds is 6. The van der Waals surface area contributed by atoms with Crippen molar-refractivity contribution >= 4 is 13.2 Å². The van der Waals surface area contributed by atoms with E-state index in [-0.39, 0.29) is 12.9 Å². The average molecular weight is 249 g/mol. The van der Waals surface area contributed by atoms with E-state index >= 15 is 0 Å². The Morgan fingerprint density at radius 3 is 2.67 bits per heavy atom. The summed E-state index contributed by atoms with van der Waals surface area (Å²) in [4.78, 5) is 11.2. The Bertz CT molecular complexity index is 381. The maximum absolute atomic E-state index is 11.2. The third-order valence-corrected chi connectivity index (χ3v) is 2.09. The fourth-order valence-electron chi connectivity index (χ4n) is 1.22. The van der Waals surface area contributed by atoms with Crippen molar-refractivity contribution in [3.8, 4) is 0 Å². The number of carbonyl (C=O) groups is 1. The van der Waals surface area contributed by atoms with E-state index < -0.39 is 13.2 Å². The summed E-state index contributed by atoms with van der Waals surface area (Å²) in [5.74, 6) is 0. The summed E-state index contributed by atoms with van der Waals surface area (Å²) in [5.41, 5.74) is 0.923. The van der Waals surface area contributed by atoms with Crippen molar-refractivity contribution in [1.82, 2.24) is 5.32 Å². The summed E-state index contributed by atoms with van der Waals surface area (Å²) < 4.78 is 4.97. The van der Waals surface area contributed by atoms with Gasteiger partial charge < -0.3 is 20.1 Å². The SMILES string of the molecule is O=C(NC/C=C/CB(O)O)OCc1ccccc1. The molecular formula is C12H16BNO4. The number of allylic oxidation sites excluding steroid dienone is 1. The van der Waals surface area contributed by atoms with Crippen molar-refractivity contribution in [1.29, 1.82) is 0 Å². The molecule has 0 radical (unpaired) electrons. The van der Waals surface area contributed by atoms with E-state index in [1.54, 1.807) is 12.2 Å². The van der Waals surface area contributed by atoms with Crippen LogP contribution < -0.4 is 5.32 Å². The minimum Gasteiger partial charge on any atom is -0.445 e. The second kappa shape index (κ2) is 8.33. The quantitative estimate of drug-likeness (QED) is 0.518. The average Bonchev–Trinajstić information content (AvgIpc) is 2.37. The second-order valence-electron chi connectivity index (χ2n) is 3.63. The van der Waals surface area contributed by atoms with Crippen LogP contribution in [0.4, 0.5) is 4.79 Å². The van der Waals surface area contributed by atoms with Crippen LogP contribution in [0, 0.1) is 0 Å². The van der Waals surface area contributed by atoms with E-state index in [0.29, 0.717) is 6.54 Å². The first-order valence-electron chi connectivity index (χ1n) is 5.64. The fraction of sp³-hybridized carbons (Fsp3) is 0.250. The van der Waals surface area contributed by atoms with Crippen LogP contribution in [0.2, 0.25) is 6.32 Å². The van der Waals surface area contributed by atoms with Gasteiger partial charge in [0.1, 0.15) is 6.61 Å². The highest BCUT2D eigenvalue weighted by Crippen LogP contribution is 2.00. The first-order chi connectivity index (χ1) is 8.68. The molecule has 3 N–H and O–H groups in total. The number of hydrogen-bond acceptors (Lipinski definition) is 4. The van der Waals surface area contributed by atoms with Crippen molar-refractivity contribution in [2.75, 3.05) is 6.54 Å². The van der Waals surface area contributed by atoms with Crippen LogP contribution in [0.25, 0.3) is 0 Å². The number of alkyl carbamates (subject to hydrolysis) is 1. The summed E-state index contributed by atoms with van der Waals surface area (Å²) in [6, 6.07) is 9.38. The summed E-state index contributed by atoms with van der Waals surface area (Å²) >= 11 is 0. The van der Waals surface area contributed by atoms with E-state index in [2.05, 4.69) is 5.32 Å². The van der Waals surface area contributed by atoms with Gasteiger partial charge in [0.15, 0.2) is 0 Å². The second-order valence-corrected chi connectivity index (χ2v) is 3.63. The van der Waals surface area contributed by atoms with Crippen LogP contribution >= 0.6 is 0 Å². The summed E-state index contributed by atoms with van der Waals surface area (Å²) in [5, 5.41) is 19.6. The molecule has 1 rings (SSSR count). The first kappa shape index (κ1) is 14.3. The van der Waals surface area contributed by atoms with Gasteiger partial charge >= 0.3 is 13.2 Å². The highest BCUT2D eigenvalue weighted by Gasteiger charge is 2.02. The molecule has 0 saturated heterocycles. The maximum Gasteiger partial charge on any atom is 0.455 e. The van der Waals surface area contributed by atoms with Gasteiger partial charge in [0, 0.05) is 6.54 Å². The highest BCUT2D eigenvalue weighted by atomic mass is 16.5. The van der Waals surface area contributed by atoms with Gasteiger partial charge in [0.25, 0.3) is 0 Å². The smallest absolute Gasteiger partial charge is 0.445 e. The van der Waals surface area contributed by atoms with Crippen molar-refractivity contribution in [2.24, 2.45) is 0 Å². The molecular weight excluding hydrogens is 233 g/mol. The highest BCUT2D eigenvalue weighted by molar-refractivity contribution is 6.41. The van der Waals surface area contributed by atoms with E-state index in [9.17, 15) is 4.79 Å². The third-order valence-electron chi connectivity index (χ3n) is 2.09. The van der Waals surface area contributed by atoms with E-state index in [1.807, 2.05) is 30.3 Å². The predicted octanol–water partition coefficient (Wildman–Crippen LogP) is 0.942. The number of amides is 1. The Kier molecular flexibility index (Phi) is 6.60. The number of ether oxygens (including phenoxy) is 1. The fourth-order valence-corrected chi connectivity index (χ4v) is 1.22. The molecule has 0 aliphatic carbocycles. The Labute approximate surface area is 106 Å². The first-order valence-corrected chi connectivity index (χ1v) is 5.64. The molecule has 0 fully saturated rings. The predicted molar refractivity (Wildman–Crippen MR) is 68.8 cm³/mol. The van der Waals surface area contributed by atoms with Crippen LogP contribution in [-0.4, -0.2) is 29.8 Å². The Morgan fingerprint density at radius 2 is 2.00 bits per heavy atom. The molecule has 0 aliphatic rings. The molecule has 0 saturated carbocycles. The van der Waals surface area contributed by atoms with Gasteiger partial charge in [-0.15, -0.1) is 0 Å². The third kappa shape index (κ3) is 6.72. The van der Waals surface area contributed by atoms with Crippen molar-refractivity contribution in [3.63, 3.8) is 0 Å². The zero-order chi connectivity index (χ0) is 13.2. The van der Waals surface area contributed by atoms with Crippen LogP contribution in [0.3, 0.4) is 0 Å². The largest absolute Gasteiger partial charge is 0.455 e. The maximum atomic E-state index is 11.2. The Balaban J connectivity index is 2.13. The lowest BCUT2D eigenvalue weighted by atomic mass is 9.86. The van der Waals surface area contributed by atoms with Crippen LogP contribution in [-0.2, 0) is 11.3 Å². The molecule has 0 unspecified atom stereocenters. The number of benzene rings is 1. The van der Waals surface area contributed by atoms with Crippen LogP contribution in [0.5, 0.6) is 0 Å². The number of carbonyl (C=O) groups excluding carboxylic acids is 1. The molecule has 5 nitrogen and oxygen atoms in total. The summed E-state index contributed by atoms with van der Waals surface area (Å²) in [7, 11) is -1.36. The molecule has 18 heavy (non-hydrogen) atoms. The van der Waals surface area contributed by atoms with Gasteiger partial charge in [-0.25, -0.2) is 4.79 Å². The molecule has 6 heteroatoms. The van der Waals surface area contributed by atoms with Crippen LogP contribution in [0.15, 0.2) is 42.5 Å². The molecule has 1 amide bonds. The molecule has 96 valence electrons. The van der Waals surface area contributed by atoms with Gasteiger partial charge in [-0.3, -0.25) is 0 Å². The lowest BCUT2D eigenvalue weighted by Crippen LogP contribution is -2.24. The van der Waals surface area contributed by atoms with Gasteiger partial charge in [-0.05, 0) is 11.9 Å². The van der Waals surface area contributed by atoms with Gasteiger partial charge in [-0.1, -0.05) is 42.5 Å². The topological polar surface area (TPSA) is 78.8 Å². The zero-order valence-electron chi connectivity index (χ0n) is 9.95. The van der Waals surface area contributed by atoms with Crippen molar-refractivity contribution in [2.45, 2.75) is 12.9 Å². The van der Waals surface area contributed by atoms with Crippen molar-refractivity contribution < 1.29 is 19.6 Å². The van der Waals surface area contributed by atoms with E-state index in [0.717, 1.165) is 5.56 Å². The number of nitrogens with one attached hydrogen (secondary N) is 1. The monoisotopic (exact) mass is 249 g/mol. The molecule has 0 heterocycles. The molecule has 0 aliphatic heterocycles. The molecule has 1 aromatic carbocycles. The standard InChI is InChI=1S/C12H16BNO4/c15-12(14-9-5-4-8-13(16)17)18-10-11-6-2-1-3-7-11/h1-7,16-17H,8-10H2,(H,14,15)/b5-4+.